The number of likely N-dealkylation sites (N-methyl/N-ethyl adjacent to an activating group) is 1. The van der Waals surface area contributed by atoms with Gasteiger partial charge in [-0.05, 0) is 39.5 Å². The lowest BCUT2D eigenvalue weighted by Crippen LogP contribution is -2.49. The van der Waals surface area contributed by atoms with Crippen molar-refractivity contribution >= 4 is 0 Å². The number of nitrogens with one attached hydrogen (secondary N) is 1. The van der Waals surface area contributed by atoms with Gasteiger partial charge in [0.1, 0.15) is 0 Å². The van der Waals surface area contributed by atoms with E-state index in [4.69, 9.17) is 0 Å². The summed E-state index contributed by atoms with van der Waals surface area (Å²) in [5.74, 6) is 0. The number of hydrogen-bond acceptors (Lipinski definition) is 3. The fourth-order valence-electron chi connectivity index (χ4n) is 2.65. The first-order valence-corrected chi connectivity index (χ1v) is 7.29. The molecule has 1 heterocycles. The summed E-state index contributed by atoms with van der Waals surface area (Å²) >= 11 is 0. The standard InChI is InChI=1S/C16H27N3/c1-14-4-6-15(7-5-14)12-18(2)10-8-16-13-19(3)11-9-17-16/h4-7,16-17H,8-13H2,1-3H3. The van der Waals surface area contributed by atoms with E-state index in [1.54, 1.807) is 0 Å². The van der Waals surface area contributed by atoms with Crippen molar-refractivity contribution in [3.05, 3.63) is 35.4 Å². The summed E-state index contributed by atoms with van der Waals surface area (Å²) in [4.78, 5) is 4.84. The van der Waals surface area contributed by atoms with Crippen LogP contribution in [0.4, 0.5) is 0 Å². The monoisotopic (exact) mass is 261 g/mol. The van der Waals surface area contributed by atoms with Crippen molar-refractivity contribution in [3.8, 4) is 0 Å². The van der Waals surface area contributed by atoms with Crippen molar-refractivity contribution in [2.75, 3.05) is 40.3 Å². The van der Waals surface area contributed by atoms with Gasteiger partial charge in [0, 0.05) is 32.2 Å². The van der Waals surface area contributed by atoms with Gasteiger partial charge in [-0.2, -0.15) is 0 Å². The molecule has 1 aliphatic rings. The van der Waals surface area contributed by atoms with Crippen LogP contribution in [-0.2, 0) is 6.54 Å². The van der Waals surface area contributed by atoms with Crippen LogP contribution in [0.3, 0.4) is 0 Å². The van der Waals surface area contributed by atoms with Gasteiger partial charge in [0.25, 0.3) is 0 Å². The molecule has 0 aromatic heterocycles. The van der Waals surface area contributed by atoms with E-state index in [0.29, 0.717) is 6.04 Å². The summed E-state index contributed by atoms with van der Waals surface area (Å²) in [6.07, 6.45) is 1.23. The third kappa shape index (κ3) is 4.94. The highest BCUT2D eigenvalue weighted by Crippen LogP contribution is 2.07. The Hall–Kier alpha value is -0.900. The van der Waals surface area contributed by atoms with Gasteiger partial charge in [-0.15, -0.1) is 0 Å². The number of aryl methyl sites for hydroxylation is 1. The topological polar surface area (TPSA) is 18.5 Å². The maximum absolute atomic E-state index is 3.61. The molecular formula is C16H27N3. The molecule has 0 radical (unpaired) electrons. The predicted octanol–water partition coefficient (Wildman–Crippen LogP) is 1.72. The van der Waals surface area contributed by atoms with Crippen LogP contribution in [0.2, 0.25) is 0 Å². The Kier molecular flexibility index (Phi) is 5.37. The number of piperazine rings is 1. The molecule has 106 valence electrons. The number of benzene rings is 1. The lowest BCUT2D eigenvalue weighted by molar-refractivity contribution is 0.212. The first-order valence-electron chi connectivity index (χ1n) is 7.29. The largest absolute Gasteiger partial charge is 0.311 e. The molecule has 1 atom stereocenters. The van der Waals surface area contributed by atoms with Gasteiger partial charge in [-0.1, -0.05) is 29.8 Å². The van der Waals surface area contributed by atoms with Crippen LogP contribution in [0.5, 0.6) is 0 Å². The van der Waals surface area contributed by atoms with Gasteiger partial charge in [0.15, 0.2) is 0 Å². The Morgan fingerprint density at radius 3 is 2.74 bits per heavy atom. The third-order valence-electron chi connectivity index (χ3n) is 3.89. The van der Waals surface area contributed by atoms with Gasteiger partial charge in [0.05, 0.1) is 0 Å². The molecule has 19 heavy (non-hydrogen) atoms. The predicted molar refractivity (Wildman–Crippen MR) is 81.4 cm³/mol. The second-order valence-electron chi connectivity index (χ2n) is 5.93. The Morgan fingerprint density at radius 1 is 1.32 bits per heavy atom. The minimum absolute atomic E-state index is 0.652. The van der Waals surface area contributed by atoms with E-state index in [9.17, 15) is 0 Å². The van der Waals surface area contributed by atoms with Gasteiger partial charge in [-0.3, -0.25) is 0 Å². The third-order valence-corrected chi connectivity index (χ3v) is 3.89. The van der Waals surface area contributed by atoms with E-state index in [-0.39, 0.29) is 0 Å². The maximum Gasteiger partial charge on any atom is 0.0230 e. The van der Waals surface area contributed by atoms with Gasteiger partial charge >= 0.3 is 0 Å². The lowest BCUT2D eigenvalue weighted by Gasteiger charge is -2.32. The molecule has 1 aliphatic heterocycles. The molecule has 0 spiro atoms. The maximum atomic E-state index is 3.61. The summed E-state index contributed by atoms with van der Waals surface area (Å²) in [6.45, 7) is 7.82. The highest BCUT2D eigenvalue weighted by atomic mass is 15.2. The number of nitrogens with zero attached hydrogens (tertiary/aromatic N) is 2. The molecule has 1 saturated heterocycles. The summed E-state index contributed by atoms with van der Waals surface area (Å²) in [5, 5.41) is 3.61. The number of hydrogen-bond donors (Lipinski definition) is 1. The molecule has 1 unspecified atom stereocenters. The van der Waals surface area contributed by atoms with E-state index < -0.39 is 0 Å². The molecular weight excluding hydrogens is 234 g/mol. The van der Waals surface area contributed by atoms with E-state index >= 15 is 0 Å². The van der Waals surface area contributed by atoms with Crippen LogP contribution in [0.1, 0.15) is 17.5 Å². The molecule has 1 N–H and O–H groups in total. The minimum atomic E-state index is 0.652. The van der Waals surface area contributed by atoms with Crippen LogP contribution in [0, 0.1) is 6.92 Å². The number of rotatable bonds is 5. The molecule has 3 heteroatoms. The molecule has 0 amide bonds. The second-order valence-corrected chi connectivity index (χ2v) is 5.93. The minimum Gasteiger partial charge on any atom is -0.311 e. The van der Waals surface area contributed by atoms with E-state index in [2.05, 4.69) is 60.4 Å². The van der Waals surface area contributed by atoms with Crippen molar-refractivity contribution in [1.29, 1.82) is 0 Å². The van der Waals surface area contributed by atoms with Crippen molar-refractivity contribution < 1.29 is 0 Å². The van der Waals surface area contributed by atoms with Crippen molar-refractivity contribution in [1.82, 2.24) is 15.1 Å². The van der Waals surface area contributed by atoms with Crippen molar-refractivity contribution in [3.63, 3.8) is 0 Å². The van der Waals surface area contributed by atoms with Gasteiger partial charge in [0.2, 0.25) is 0 Å². The zero-order chi connectivity index (χ0) is 13.7. The van der Waals surface area contributed by atoms with Crippen LogP contribution < -0.4 is 5.32 Å². The zero-order valence-corrected chi connectivity index (χ0v) is 12.5. The van der Waals surface area contributed by atoms with Gasteiger partial charge in [-0.25, -0.2) is 0 Å². The first kappa shape index (κ1) is 14.5. The van der Waals surface area contributed by atoms with E-state index in [0.717, 1.165) is 19.6 Å². The van der Waals surface area contributed by atoms with E-state index in [1.807, 2.05) is 0 Å². The molecule has 2 rings (SSSR count). The smallest absolute Gasteiger partial charge is 0.0230 e. The molecule has 1 aromatic carbocycles. The fourth-order valence-corrected chi connectivity index (χ4v) is 2.65. The average Bonchev–Trinajstić information content (AvgIpc) is 2.39. The van der Waals surface area contributed by atoms with Crippen LogP contribution in [0.25, 0.3) is 0 Å². The quantitative estimate of drug-likeness (QED) is 0.871. The molecule has 1 aromatic rings. The van der Waals surface area contributed by atoms with Crippen LogP contribution >= 0.6 is 0 Å². The van der Waals surface area contributed by atoms with Crippen molar-refractivity contribution in [2.45, 2.75) is 25.9 Å². The Balaban J connectivity index is 1.72. The summed E-state index contributed by atoms with van der Waals surface area (Å²) < 4.78 is 0. The molecule has 0 saturated carbocycles. The second kappa shape index (κ2) is 7.04. The molecule has 0 bridgehead atoms. The SMILES string of the molecule is Cc1ccc(CN(C)CCC2CN(C)CCN2)cc1. The highest BCUT2D eigenvalue weighted by molar-refractivity contribution is 5.21. The van der Waals surface area contributed by atoms with Crippen LogP contribution in [-0.4, -0.2) is 56.1 Å². The zero-order valence-electron chi connectivity index (χ0n) is 12.5. The Bertz CT molecular complexity index is 374. The average molecular weight is 261 g/mol. The molecule has 0 aliphatic carbocycles. The Morgan fingerprint density at radius 2 is 2.05 bits per heavy atom. The highest BCUT2D eigenvalue weighted by Gasteiger charge is 2.16. The normalized spacial score (nSPS) is 20.9. The summed E-state index contributed by atoms with van der Waals surface area (Å²) in [6, 6.07) is 9.51. The summed E-state index contributed by atoms with van der Waals surface area (Å²) in [5.41, 5.74) is 2.74. The fraction of sp³-hybridized carbons (Fsp3) is 0.625. The molecule has 3 nitrogen and oxygen atoms in total. The lowest BCUT2D eigenvalue weighted by atomic mass is 10.1. The molecule has 1 fully saturated rings. The summed E-state index contributed by atoms with van der Waals surface area (Å²) in [7, 11) is 4.43. The van der Waals surface area contributed by atoms with Gasteiger partial charge < -0.3 is 15.1 Å². The van der Waals surface area contributed by atoms with Crippen molar-refractivity contribution in [2.24, 2.45) is 0 Å². The van der Waals surface area contributed by atoms with Crippen LogP contribution in [0.15, 0.2) is 24.3 Å². The first-order chi connectivity index (χ1) is 9.13. The Labute approximate surface area is 117 Å². The van der Waals surface area contributed by atoms with E-state index in [1.165, 1.54) is 30.6 Å².